The number of ether oxygens (including phenoxy) is 4. The lowest BCUT2D eigenvalue weighted by Crippen LogP contribution is -2.44. The molecule has 2 atom stereocenters. The maximum atomic E-state index is 12.6. The minimum atomic E-state index is -0.793. The van der Waals surface area contributed by atoms with Gasteiger partial charge >= 0.3 is 12.1 Å². The number of methoxy groups -OCH3 is 2. The lowest BCUT2D eigenvalue weighted by atomic mass is 10.2. The summed E-state index contributed by atoms with van der Waals surface area (Å²) in [6.45, 7) is 7.25. The summed E-state index contributed by atoms with van der Waals surface area (Å²) in [5.41, 5.74) is 0.0255. The van der Waals surface area contributed by atoms with Gasteiger partial charge in [0.15, 0.2) is 0 Å². The normalized spacial score (nSPS) is 18.9. The van der Waals surface area contributed by atoms with Crippen molar-refractivity contribution in [2.75, 3.05) is 20.8 Å². The summed E-state index contributed by atoms with van der Waals surface area (Å²) in [5.74, 6) is 1.05. The minimum absolute atomic E-state index is 0.170. The second kappa shape index (κ2) is 8.33. The highest BCUT2D eigenvalue weighted by molar-refractivity contribution is 5.85. The first-order chi connectivity index (χ1) is 14.1. The van der Waals surface area contributed by atoms with Crippen LogP contribution in [0, 0.1) is 6.92 Å². The molecule has 9 heteroatoms. The van der Waals surface area contributed by atoms with Gasteiger partial charge in [-0.05, 0) is 45.9 Å². The van der Waals surface area contributed by atoms with E-state index in [9.17, 15) is 9.59 Å². The molecule has 3 rings (SSSR count). The molecule has 1 unspecified atom stereocenters. The van der Waals surface area contributed by atoms with Crippen LogP contribution in [0.3, 0.4) is 0 Å². The third-order valence-corrected chi connectivity index (χ3v) is 4.62. The van der Waals surface area contributed by atoms with Gasteiger partial charge in [0.25, 0.3) is 0 Å². The number of likely N-dealkylation sites (tertiary alicyclic amines) is 1. The van der Waals surface area contributed by atoms with Gasteiger partial charge in [-0.2, -0.15) is 4.98 Å². The molecular weight excluding hydrogens is 390 g/mol. The number of carbonyl (C=O) groups excluding carboxylic acids is 2. The van der Waals surface area contributed by atoms with Crippen molar-refractivity contribution in [3.05, 3.63) is 24.0 Å². The Morgan fingerprint density at radius 3 is 2.53 bits per heavy atom. The van der Waals surface area contributed by atoms with Crippen molar-refractivity contribution in [3.63, 3.8) is 0 Å². The van der Waals surface area contributed by atoms with Crippen molar-refractivity contribution >= 4 is 23.0 Å². The van der Waals surface area contributed by atoms with Crippen LogP contribution >= 0.6 is 0 Å². The van der Waals surface area contributed by atoms with Gasteiger partial charge in [0, 0.05) is 6.42 Å². The fourth-order valence-corrected chi connectivity index (χ4v) is 3.33. The predicted molar refractivity (Wildman–Crippen MR) is 109 cm³/mol. The highest BCUT2D eigenvalue weighted by atomic mass is 16.6. The molecule has 1 amide bonds. The van der Waals surface area contributed by atoms with Gasteiger partial charge in [0.1, 0.15) is 29.3 Å². The smallest absolute Gasteiger partial charge is 0.411 e. The zero-order chi connectivity index (χ0) is 22.1. The Hall–Kier alpha value is -3.10. The van der Waals surface area contributed by atoms with Gasteiger partial charge in [-0.3, -0.25) is 4.90 Å². The Kier molecular flexibility index (Phi) is 6.00. The number of hydrogen-bond donors (Lipinski definition) is 0. The number of aromatic nitrogens is 2. The first-order valence-electron chi connectivity index (χ1n) is 9.67. The van der Waals surface area contributed by atoms with Gasteiger partial charge in [0.05, 0.1) is 31.7 Å². The standard InChI is InChI=1S/C21H27N3O6/c1-12-22-16-8-7-13(27-5)9-15(16)18(23-12)29-14-10-17(19(25)28-6)24(11-14)20(26)30-21(2,3)4/h7-9,14,17H,10-11H2,1-6H3/t14-,17?/m1/s1. The van der Waals surface area contributed by atoms with E-state index >= 15 is 0 Å². The summed E-state index contributed by atoms with van der Waals surface area (Å²) in [6.07, 6.45) is -0.792. The summed E-state index contributed by atoms with van der Waals surface area (Å²) >= 11 is 0. The van der Waals surface area contributed by atoms with E-state index in [2.05, 4.69) is 9.97 Å². The number of carbonyl (C=O) groups is 2. The molecule has 0 bridgehead atoms. The fourth-order valence-electron chi connectivity index (χ4n) is 3.33. The monoisotopic (exact) mass is 417 g/mol. The van der Waals surface area contributed by atoms with Crippen molar-refractivity contribution in [1.29, 1.82) is 0 Å². The van der Waals surface area contributed by atoms with Crippen LogP contribution in [-0.4, -0.2) is 65.4 Å². The second-order valence-corrected chi connectivity index (χ2v) is 8.11. The van der Waals surface area contributed by atoms with E-state index in [1.165, 1.54) is 12.0 Å². The molecule has 30 heavy (non-hydrogen) atoms. The van der Waals surface area contributed by atoms with E-state index in [0.29, 0.717) is 28.4 Å². The van der Waals surface area contributed by atoms with Crippen LogP contribution in [0.2, 0.25) is 0 Å². The number of rotatable bonds is 4. The first kappa shape index (κ1) is 21.6. The Labute approximate surface area is 175 Å². The molecule has 0 aliphatic carbocycles. The molecular formula is C21H27N3O6. The van der Waals surface area contributed by atoms with Crippen molar-refractivity contribution < 1.29 is 28.5 Å². The molecule has 2 aromatic rings. The molecule has 1 aromatic heterocycles. The third kappa shape index (κ3) is 4.72. The van der Waals surface area contributed by atoms with Gasteiger partial charge < -0.3 is 18.9 Å². The van der Waals surface area contributed by atoms with Crippen molar-refractivity contribution in [3.8, 4) is 11.6 Å². The Bertz CT molecular complexity index is 956. The van der Waals surface area contributed by atoms with Crippen LogP contribution in [0.15, 0.2) is 18.2 Å². The number of benzene rings is 1. The second-order valence-electron chi connectivity index (χ2n) is 8.11. The average molecular weight is 417 g/mol. The molecule has 1 saturated heterocycles. The van der Waals surface area contributed by atoms with E-state index < -0.39 is 29.8 Å². The molecule has 0 spiro atoms. The maximum absolute atomic E-state index is 12.6. The number of esters is 1. The number of hydrogen-bond acceptors (Lipinski definition) is 8. The van der Waals surface area contributed by atoms with Gasteiger partial charge in [0.2, 0.25) is 5.88 Å². The minimum Gasteiger partial charge on any atom is -0.497 e. The highest BCUT2D eigenvalue weighted by Gasteiger charge is 2.43. The Morgan fingerprint density at radius 1 is 1.17 bits per heavy atom. The number of nitrogens with zero attached hydrogens (tertiary/aromatic N) is 3. The van der Waals surface area contributed by atoms with Crippen LogP contribution in [0.25, 0.3) is 10.9 Å². The molecule has 0 saturated carbocycles. The molecule has 9 nitrogen and oxygen atoms in total. The lowest BCUT2D eigenvalue weighted by Gasteiger charge is -2.27. The molecule has 1 fully saturated rings. The van der Waals surface area contributed by atoms with Crippen molar-refractivity contribution in [2.45, 2.75) is 51.9 Å². The molecule has 2 heterocycles. The van der Waals surface area contributed by atoms with E-state index in [0.717, 1.165) is 0 Å². The number of aryl methyl sites for hydroxylation is 1. The molecule has 162 valence electrons. The molecule has 0 radical (unpaired) electrons. The van der Waals surface area contributed by atoms with Crippen LogP contribution in [0.1, 0.15) is 33.0 Å². The van der Waals surface area contributed by atoms with Crippen LogP contribution < -0.4 is 9.47 Å². The first-order valence-corrected chi connectivity index (χ1v) is 9.67. The predicted octanol–water partition coefficient (Wildman–Crippen LogP) is 2.88. The van der Waals surface area contributed by atoms with Crippen LogP contribution in [0.4, 0.5) is 4.79 Å². The number of amides is 1. The SMILES string of the molecule is COC(=O)C1C[C@@H](Oc2nc(C)nc3ccc(OC)cc23)CN1C(=O)OC(C)(C)C. The fraction of sp³-hybridized carbons (Fsp3) is 0.524. The number of fused-ring (bicyclic) bond motifs is 1. The van der Waals surface area contributed by atoms with Gasteiger partial charge in [-0.25, -0.2) is 14.6 Å². The van der Waals surface area contributed by atoms with Gasteiger partial charge in [-0.15, -0.1) is 0 Å². The van der Waals surface area contributed by atoms with Gasteiger partial charge in [-0.1, -0.05) is 0 Å². The Morgan fingerprint density at radius 2 is 1.90 bits per heavy atom. The highest BCUT2D eigenvalue weighted by Crippen LogP contribution is 2.30. The van der Waals surface area contributed by atoms with Crippen LogP contribution in [0.5, 0.6) is 11.6 Å². The van der Waals surface area contributed by atoms with Crippen LogP contribution in [-0.2, 0) is 14.3 Å². The average Bonchev–Trinajstić information content (AvgIpc) is 3.09. The zero-order valence-electron chi connectivity index (χ0n) is 18.1. The van der Waals surface area contributed by atoms with E-state index in [1.807, 2.05) is 12.1 Å². The van der Waals surface area contributed by atoms with Crippen molar-refractivity contribution in [2.24, 2.45) is 0 Å². The largest absolute Gasteiger partial charge is 0.497 e. The Balaban J connectivity index is 1.88. The lowest BCUT2D eigenvalue weighted by molar-refractivity contribution is -0.145. The summed E-state index contributed by atoms with van der Waals surface area (Å²) in [4.78, 5) is 35.1. The van der Waals surface area contributed by atoms with E-state index in [4.69, 9.17) is 18.9 Å². The third-order valence-electron chi connectivity index (χ3n) is 4.62. The van der Waals surface area contributed by atoms with E-state index in [-0.39, 0.29) is 13.0 Å². The summed E-state index contributed by atoms with van der Waals surface area (Å²) in [7, 11) is 2.87. The van der Waals surface area contributed by atoms with E-state index in [1.54, 1.807) is 40.9 Å². The summed E-state index contributed by atoms with van der Waals surface area (Å²) in [5, 5.41) is 0.685. The quantitative estimate of drug-likeness (QED) is 0.700. The van der Waals surface area contributed by atoms with Crippen molar-refractivity contribution in [1.82, 2.24) is 14.9 Å². The summed E-state index contributed by atoms with van der Waals surface area (Å²) < 4.78 is 21.8. The zero-order valence-corrected chi connectivity index (χ0v) is 18.1. The molecule has 1 aliphatic heterocycles. The topological polar surface area (TPSA) is 100 Å². The molecule has 1 aromatic carbocycles. The molecule has 0 N–H and O–H groups in total. The molecule has 1 aliphatic rings. The summed E-state index contributed by atoms with van der Waals surface area (Å²) in [6, 6.07) is 4.64. The maximum Gasteiger partial charge on any atom is 0.411 e.